The summed E-state index contributed by atoms with van der Waals surface area (Å²) in [7, 11) is 0. The summed E-state index contributed by atoms with van der Waals surface area (Å²) in [6.45, 7) is 5.49. The van der Waals surface area contributed by atoms with E-state index in [1.165, 1.54) is 24.3 Å². The van der Waals surface area contributed by atoms with Crippen LogP contribution in [-0.2, 0) is 6.42 Å². The topological polar surface area (TPSA) is 132 Å². The number of nitro groups is 1. The van der Waals surface area contributed by atoms with Gasteiger partial charge < -0.3 is 4.42 Å². The quantitative estimate of drug-likeness (QED) is 0.617. The van der Waals surface area contributed by atoms with Gasteiger partial charge in [0.05, 0.1) is 10.5 Å². The summed E-state index contributed by atoms with van der Waals surface area (Å²) in [6.07, 6.45) is 0.876. The lowest BCUT2D eigenvalue weighted by Crippen LogP contribution is -2.41. The summed E-state index contributed by atoms with van der Waals surface area (Å²) in [6, 6.07) is 5.37. The van der Waals surface area contributed by atoms with Gasteiger partial charge in [0.2, 0.25) is 0 Å². The number of Topliss-reactive ketones (excluding diaryl/α,β-unsaturated/α-hetero) is 1. The van der Waals surface area contributed by atoms with E-state index in [0.717, 1.165) is 0 Å². The van der Waals surface area contributed by atoms with Gasteiger partial charge in [0.15, 0.2) is 11.5 Å². The molecule has 9 nitrogen and oxygen atoms in total. The number of para-hydroxylation sites is 1. The Balaban J connectivity index is 1.78. The van der Waals surface area contributed by atoms with Crippen LogP contribution < -0.4 is 10.9 Å². The zero-order chi connectivity index (χ0) is 20.6. The van der Waals surface area contributed by atoms with E-state index in [9.17, 15) is 24.5 Å². The second-order valence-corrected chi connectivity index (χ2v) is 7.48. The number of ketones is 1. The third kappa shape index (κ3) is 3.51. The molecule has 1 aromatic carbocycles. The van der Waals surface area contributed by atoms with Gasteiger partial charge in [-0.2, -0.15) is 0 Å². The first-order valence-corrected chi connectivity index (χ1v) is 8.60. The van der Waals surface area contributed by atoms with Crippen molar-refractivity contribution < 1.29 is 23.7 Å². The summed E-state index contributed by atoms with van der Waals surface area (Å²) in [5.74, 6) is -1.29. The van der Waals surface area contributed by atoms with E-state index < -0.39 is 16.7 Å². The highest BCUT2D eigenvalue weighted by molar-refractivity contribution is 6.05. The second kappa shape index (κ2) is 6.91. The average Bonchev–Trinajstić information content (AvgIpc) is 2.94. The van der Waals surface area contributed by atoms with E-state index in [0.29, 0.717) is 29.7 Å². The minimum Gasteiger partial charge on any atom is -0.455 e. The van der Waals surface area contributed by atoms with Crippen molar-refractivity contribution in [1.29, 1.82) is 0 Å². The lowest BCUT2D eigenvalue weighted by atomic mass is 9.76. The van der Waals surface area contributed by atoms with Gasteiger partial charge in [0.1, 0.15) is 11.3 Å². The molecule has 2 aromatic rings. The van der Waals surface area contributed by atoms with Crippen LogP contribution in [0.25, 0.3) is 0 Å². The number of benzene rings is 1. The molecule has 1 aliphatic carbocycles. The van der Waals surface area contributed by atoms with E-state index in [1.54, 1.807) is 6.92 Å². The van der Waals surface area contributed by atoms with E-state index >= 15 is 0 Å². The predicted molar refractivity (Wildman–Crippen MR) is 97.9 cm³/mol. The molecule has 3 rings (SSSR count). The minimum atomic E-state index is -0.841. The van der Waals surface area contributed by atoms with Crippen LogP contribution in [0.1, 0.15) is 62.9 Å². The van der Waals surface area contributed by atoms with Crippen molar-refractivity contribution in [3.8, 4) is 0 Å². The molecular weight excluding hydrogens is 366 g/mol. The Bertz CT molecular complexity index is 1010. The summed E-state index contributed by atoms with van der Waals surface area (Å²) in [4.78, 5) is 47.4. The summed E-state index contributed by atoms with van der Waals surface area (Å²) in [5, 5.41) is 11.0. The van der Waals surface area contributed by atoms with Crippen LogP contribution in [0.3, 0.4) is 0 Å². The molecular formula is C19H19N3O6. The largest absolute Gasteiger partial charge is 0.455 e. The molecule has 146 valence electrons. The molecule has 0 bridgehead atoms. The van der Waals surface area contributed by atoms with E-state index in [-0.39, 0.29) is 28.2 Å². The number of hydrogen-bond acceptors (Lipinski definition) is 6. The maximum absolute atomic E-state index is 12.4. The van der Waals surface area contributed by atoms with Crippen LogP contribution in [0.15, 0.2) is 28.7 Å². The van der Waals surface area contributed by atoms with Gasteiger partial charge in [-0.25, -0.2) is 0 Å². The number of rotatable bonds is 3. The highest BCUT2D eigenvalue weighted by atomic mass is 16.6. The van der Waals surface area contributed by atoms with Crippen molar-refractivity contribution in [2.75, 3.05) is 0 Å². The van der Waals surface area contributed by atoms with Crippen molar-refractivity contribution >= 4 is 23.3 Å². The lowest BCUT2D eigenvalue weighted by molar-refractivity contribution is -0.385. The Kier molecular flexibility index (Phi) is 4.76. The molecule has 0 spiro atoms. The molecule has 0 fully saturated rings. The van der Waals surface area contributed by atoms with E-state index in [1.807, 2.05) is 13.8 Å². The van der Waals surface area contributed by atoms with Crippen LogP contribution in [0.2, 0.25) is 0 Å². The number of furan rings is 1. The number of hydrogen-bond donors (Lipinski definition) is 2. The van der Waals surface area contributed by atoms with Gasteiger partial charge in [0.25, 0.3) is 11.6 Å². The summed E-state index contributed by atoms with van der Waals surface area (Å²) >= 11 is 0. The number of nitrogens with one attached hydrogen (secondary N) is 2. The first-order valence-electron chi connectivity index (χ1n) is 8.60. The van der Waals surface area contributed by atoms with Crippen molar-refractivity contribution in [2.24, 2.45) is 5.41 Å². The first kappa shape index (κ1) is 19.3. The van der Waals surface area contributed by atoms with Gasteiger partial charge in [-0.05, 0) is 18.4 Å². The molecule has 28 heavy (non-hydrogen) atoms. The molecule has 2 amide bonds. The summed E-state index contributed by atoms with van der Waals surface area (Å²) < 4.78 is 5.61. The van der Waals surface area contributed by atoms with Gasteiger partial charge in [-0.15, -0.1) is 0 Å². The highest BCUT2D eigenvalue weighted by Gasteiger charge is 2.37. The Hall–Kier alpha value is -3.49. The number of carbonyl (C=O) groups is 3. The SMILES string of the molecule is Cc1c(C(=O)NNC(=O)c2ccccc2[N+](=O)[O-])oc2c1C(=O)CC(C)(C)C2. The predicted octanol–water partition coefficient (Wildman–Crippen LogP) is 2.73. The number of nitro benzene ring substituents is 1. The third-order valence-corrected chi connectivity index (χ3v) is 4.62. The molecule has 0 saturated heterocycles. The number of hydrazine groups is 1. The van der Waals surface area contributed by atoms with Gasteiger partial charge >= 0.3 is 5.91 Å². The number of carbonyl (C=O) groups excluding carboxylic acids is 3. The molecule has 0 saturated carbocycles. The summed E-state index contributed by atoms with van der Waals surface area (Å²) in [5.41, 5.74) is 4.31. The fourth-order valence-electron chi connectivity index (χ4n) is 3.36. The Labute approximate surface area is 160 Å². The van der Waals surface area contributed by atoms with Crippen LogP contribution >= 0.6 is 0 Å². The molecule has 1 heterocycles. The number of nitrogens with zero attached hydrogens (tertiary/aromatic N) is 1. The maximum atomic E-state index is 12.4. The molecule has 1 aromatic heterocycles. The van der Waals surface area contributed by atoms with Crippen molar-refractivity contribution in [3.05, 3.63) is 62.6 Å². The third-order valence-electron chi connectivity index (χ3n) is 4.62. The smallest absolute Gasteiger partial charge is 0.305 e. The molecule has 0 atom stereocenters. The van der Waals surface area contributed by atoms with Gasteiger partial charge in [-0.1, -0.05) is 26.0 Å². The first-order chi connectivity index (χ1) is 13.1. The molecule has 0 unspecified atom stereocenters. The zero-order valence-electron chi connectivity index (χ0n) is 15.6. The van der Waals surface area contributed by atoms with Crippen LogP contribution in [0.4, 0.5) is 5.69 Å². The second-order valence-electron chi connectivity index (χ2n) is 7.48. The normalized spacial score (nSPS) is 14.9. The lowest BCUT2D eigenvalue weighted by Gasteiger charge is -2.27. The van der Waals surface area contributed by atoms with Gasteiger partial charge in [0, 0.05) is 24.5 Å². The monoisotopic (exact) mass is 385 g/mol. The Morgan fingerprint density at radius 2 is 1.79 bits per heavy atom. The fraction of sp³-hybridized carbons (Fsp3) is 0.316. The van der Waals surface area contributed by atoms with Crippen LogP contribution in [0, 0.1) is 22.5 Å². The molecule has 0 aliphatic heterocycles. The van der Waals surface area contributed by atoms with E-state index in [4.69, 9.17) is 4.42 Å². The van der Waals surface area contributed by atoms with E-state index in [2.05, 4.69) is 10.9 Å². The molecule has 1 aliphatic rings. The maximum Gasteiger partial charge on any atom is 0.305 e. The van der Waals surface area contributed by atoms with Crippen LogP contribution in [0.5, 0.6) is 0 Å². The van der Waals surface area contributed by atoms with Crippen molar-refractivity contribution in [1.82, 2.24) is 10.9 Å². The standard InChI is InChI=1S/C19H19N3O6/c1-10-15-13(23)8-19(2,3)9-14(15)28-16(10)18(25)21-20-17(24)11-6-4-5-7-12(11)22(26)27/h4-7H,8-9H2,1-3H3,(H,20,24)(H,21,25). The average molecular weight is 385 g/mol. The minimum absolute atomic E-state index is 0.0705. The zero-order valence-corrected chi connectivity index (χ0v) is 15.6. The van der Waals surface area contributed by atoms with Crippen LogP contribution in [-0.4, -0.2) is 22.5 Å². The molecule has 2 N–H and O–H groups in total. The molecule has 9 heteroatoms. The van der Waals surface area contributed by atoms with Crippen molar-refractivity contribution in [3.63, 3.8) is 0 Å². The molecule has 0 radical (unpaired) electrons. The Morgan fingerprint density at radius 1 is 1.14 bits per heavy atom. The van der Waals surface area contributed by atoms with Gasteiger partial charge in [-0.3, -0.25) is 35.3 Å². The highest BCUT2D eigenvalue weighted by Crippen LogP contribution is 2.38. The number of amides is 2. The number of fused-ring (bicyclic) bond motifs is 1. The Morgan fingerprint density at radius 3 is 2.46 bits per heavy atom. The fourth-order valence-corrected chi connectivity index (χ4v) is 3.36. The van der Waals surface area contributed by atoms with Crippen molar-refractivity contribution in [2.45, 2.75) is 33.6 Å².